The van der Waals surface area contributed by atoms with Crippen molar-refractivity contribution >= 4 is 39.7 Å². The summed E-state index contributed by atoms with van der Waals surface area (Å²) in [5.74, 6) is 0. The van der Waals surface area contributed by atoms with E-state index in [0.29, 0.717) is 9.79 Å². The molecule has 0 aliphatic heterocycles. The van der Waals surface area contributed by atoms with Crippen LogP contribution < -0.4 is 0 Å². The number of aromatic amines is 1. The highest BCUT2D eigenvalue weighted by atomic mass is 79.9. The first-order valence-corrected chi connectivity index (χ1v) is 5.48. The molecule has 0 atom stereocenters. The van der Waals surface area contributed by atoms with Crippen molar-refractivity contribution < 1.29 is 0 Å². The van der Waals surface area contributed by atoms with Gasteiger partial charge in [0.15, 0.2) is 4.77 Å². The van der Waals surface area contributed by atoms with Gasteiger partial charge < -0.3 is 4.98 Å². The summed E-state index contributed by atoms with van der Waals surface area (Å²) in [6, 6.07) is 5.70. The minimum absolute atomic E-state index is 0.656. The summed E-state index contributed by atoms with van der Waals surface area (Å²) >= 11 is 14.4. The quantitative estimate of drug-likeness (QED) is 0.788. The second-order valence-corrected chi connectivity index (χ2v) is 4.38. The topological polar surface area (TPSA) is 20.7 Å². The van der Waals surface area contributed by atoms with Crippen LogP contribution >= 0.6 is 39.7 Å². The third-order valence-corrected chi connectivity index (χ3v) is 3.38. The first kappa shape index (κ1) is 9.96. The van der Waals surface area contributed by atoms with Gasteiger partial charge in [-0.2, -0.15) is 0 Å². The second-order valence-electron chi connectivity index (χ2n) is 2.73. The Morgan fingerprint density at radius 3 is 2.79 bits per heavy atom. The molecule has 1 N–H and O–H groups in total. The molecule has 0 unspecified atom stereocenters. The maximum Gasteiger partial charge on any atom is 0.181 e. The molecule has 0 amide bonds. The summed E-state index contributed by atoms with van der Waals surface area (Å²) in [6.07, 6.45) is 3.65. The third-order valence-electron chi connectivity index (χ3n) is 1.83. The Hall–Kier alpha value is -0.580. The van der Waals surface area contributed by atoms with Gasteiger partial charge >= 0.3 is 0 Å². The zero-order chi connectivity index (χ0) is 10.1. The molecule has 1 heterocycles. The van der Waals surface area contributed by atoms with Crippen LogP contribution in [0.3, 0.4) is 0 Å². The molecule has 72 valence electrons. The number of benzene rings is 1. The van der Waals surface area contributed by atoms with E-state index in [1.807, 2.05) is 29.0 Å². The fourth-order valence-electron chi connectivity index (χ4n) is 1.16. The number of nitrogens with one attached hydrogen (secondary N) is 1. The summed E-state index contributed by atoms with van der Waals surface area (Å²) in [4.78, 5) is 2.92. The van der Waals surface area contributed by atoms with Crippen LogP contribution in [0.5, 0.6) is 0 Å². The number of rotatable bonds is 1. The van der Waals surface area contributed by atoms with E-state index < -0.39 is 0 Å². The lowest BCUT2D eigenvalue weighted by Crippen LogP contribution is -1.91. The molecule has 0 spiro atoms. The van der Waals surface area contributed by atoms with Gasteiger partial charge in [0.2, 0.25) is 0 Å². The van der Waals surface area contributed by atoms with Crippen LogP contribution in [0.4, 0.5) is 0 Å². The summed E-state index contributed by atoms with van der Waals surface area (Å²) in [6.45, 7) is 0. The van der Waals surface area contributed by atoms with E-state index in [1.54, 1.807) is 6.20 Å². The van der Waals surface area contributed by atoms with Gasteiger partial charge in [0.05, 0.1) is 5.02 Å². The van der Waals surface area contributed by atoms with E-state index in [9.17, 15) is 0 Å². The Labute approximate surface area is 99.7 Å². The Balaban J connectivity index is 2.59. The third kappa shape index (κ3) is 1.78. The second kappa shape index (κ2) is 3.88. The lowest BCUT2D eigenvalue weighted by Gasteiger charge is -2.03. The van der Waals surface area contributed by atoms with Gasteiger partial charge in [-0.05, 0) is 46.3 Å². The molecular formula is C9H6BrClN2S. The number of nitrogens with zero attached hydrogens (tertiary/aromatic N) is 1. The molecule has 2 rings (SSSR count). The molecule has 14 heavy (non-hydrogen) atoms. The van der Waals surface area contributed by atoms with Gasteiger partial charge in [0.25, 0.3) is 0 Å². The fourth-order valence-corrected chi connectivity index (χ4v) is 1.81. The summed E-state index contributed by atoms with van der Waals surface area (Å²) < 4.78 is 3.39. The highest BCUT2D eigenvalue weighted by molar-refractivity contribution is 9.10. The average Bonchev–Trinajstić information content (AvgIpc) is 2.57. The molecule has 0 radical (unpaired) electrons. The molecule has 0 bridgehead atoms. The monoisotopic (exact) mass is 288 g/mol. The molecule has 1 aromatic heterocycles. The van der Waals surface area contributed by atoms with Crippen molar-refractivity contribution in [2.45, 2.75) is 0 Å². The Kier molecular flexibility index (Phi) is 2.76. The van der Waals surface area contributed by atoms with Gasteiger partial charge in [-0.3, -0.25) is 4.57 Å². The van der Waals surface area contributed by atoms with E-state index >= 15 is 0 Å². The van der Waals surface area contributed by atoms with Crippen molar-refractivity contribution in [3.05, 3.63) is 44.9 Å². The van der Waals surface area contributed by atoms with Crippen molar-refractivity contribution in [2.24, 2.45) is 0 Å². The van der Waals surface area contributed by atoms with Crippen LogP contribution in [0.15, 0.2) is 35.1 Å². The Bertz CT molecular complexity index is 518. The van der Waals surface area contributed by atoms with Gasteiger partial charge in [-0.15, -0.1) is 0 Å². The number of halogens is 2. The maximum absolute atomic E-state index is 5.98. The minimum atomic E-state index is 0.656. The molecule has 5 heteroatoms. The van der Waals surface area contributed by atoms with Crippen molar-refractivity contribution in [3.63, 3.8) is 0 Å². The van der Waals surface area contributed by atoms with Gasteiger partial charge in [-0.25, -0.2) is 0 Å². The normalized spacial score (nSPS) is 10.4. The van der Waals surface area contributed by atoms with Crippen molar-refractivity contribution in [1.29, 1.82) is 0 Å². The van der Waals surface area contributed by atoms with E-state index in [0.717, 1.165) is 10.2 Å². The van der Waals surface area contributed by atoms with Crippen LogP contribution in [-0.4, -0.2) is 9.55 Å². The summed E-state index contributed by atoms with van der Waals surface area (Å²) in [7, 11) is 0. The van der Waals surface area contributed by atoms with Gasteiger partial charge in [-0.1, -0.05) is 11.6 Å². The highest BCUT2D eigenvalue weighted by Gasteiger charge is 2.01. The summed E-state index contributed by atoms with van der Waals surface area (Å²) in [5, 5.41) is 0.672. The Morgan fingerprint density at radius 1 is 1.43 bits per heavy atom. The van der Waals surface area contributed by atoms with Crippen molar-refractivity contribution in [2.75, 3.05) is 0 Å². The fraction of sp³-hybridized carbons (Fsp3) is 0. The first-order chi connectivity index (χ1) is 6.68. The molecule has 0 fully saturated rings. The average molecular weight is 290 g/mol. The zero-order valence-corrected chi connectivity index (χ0v) is 10.2. The number of aromatic nitrogens is 2. The highest BCUT2D eigenvalue weighted by Crippen LogP contribution is 2.24. The van der Waals surface area contributed by atoms with E-state index in [-0.39, 0.29) is 0 Å². The van der Waals surface area contributed by atoms with E-state index in [2.05, 4.69) is 20.9 Å². The Morgan fingerprint density at radius 2 is 2.21 bits per heavy atom. The minimum Gasteiger partial charge on any atom is -0.337 e. The van der Waals surface area contributed by atoms with E-state index in [4.69, 9.17) is 23.8 Å². The number of imidazole rings is 1. The number of hydrogen-bond donors (Lipinski definition) is 1. The SMILES string of the molecule is S=c1[nH]ccn1-c1ccc(Br)c(Cl)c1. The maximum atomic E-state index is 5.98. The van der Waals surface area contributed by atoms with Crippen molar-refractivity contribution in [3.8, 4) is 5.69 Å². The van der Waals surface area contributed by atoms with Crippen LogP contribution in [0, 0.1) is 4.77 Å². The standard InChI is InChI=1S/C9H6BrClN2S/c10-7-2-1-6(5-8(7)11)13-4-3-12-9(13)14/h1-5H,(H,12,14). The molecule has 1 aromatic carbocycles. The van der Waals surface area contributed by atoms with Crippen LogP contribution in [-0.2, 0) is 0 Å². The number of hydrogen-bond acceptors (Lipinski definition) is 1. The largest absolute Gasteiger partial charge is 0.337 e. The van der Waals surface area contributed by atoms with E-state index in [1.165, 1.54) is 0 Å². The first-order valence-electron chi connectivity index (χ1n) is 3.90. The van der Waals surface area contributed by atoms with Gasteiger partial charge in [0, 0.05) is 22.6 Å². The smallest absolute Gasteiger partial charge is 0.181 e. The molecule has 0 aliphatic carbocycles. The molecule has 0 aliphatic rings. The molecule has 0 saturated carbocycles. The van der Waals surface area contributed by atoms with Crippen LogP contribution in [0.2, 0.25) is 5.02 Å². The molecule has 2 aromatic rings. The summed E-state index contributed by atoms with van der Waals surface area (Å²) in [5.41, 5.74) is 0.949. The lowest BCUT2D eigenvalue weighted by atomic mass is 10.3. The predicted octanol–water partition coefficient (Wildman–Crippen LogP) is 3.95. The van der Waals surface area contributed by atoms with Crippen LogP contribution in [0.1, 0.15) is 0 Å². The zero-order valence-electron chi connectivity index (χ0n) is 7.00. The molecule has 2 nitrogen and oxygen atoms in total. The molecule has 0 saturated heterocycles. The van der Waals surface area contributed by atoms with Crippen LogP contribution in [0.25, 0.3) is 5.69 Å². The van der Waals surface area contributed by atoms with Gasteiger partial charge in [0.1, 0.15) is 0 Å². The lowest BCUT2D eigenvalue weighted by molar-refractivity contribution is 1.03. The number of H-pyrrole nitrogens is 1. The van der Waals surface area contributed by atoms with Crippen molar-refractivity contribution in [1.82, 2.24) is 9.55 Å². The predicted molar refractivity (Wildman–Crippen MR) is 63.7 cm³/mol. The molecular weight excluding hydrogens is 284 g/mol.